The topological polar surface area (TPSA) is 29.1 Å². The number of rotatable bonds is 6. The molecule has 1 aromatic carbocycles. The first-order valence-electron chi connectivity index (χ1n) is 5.99. The molecule has 2 nitrogen and oxygen atoms in total. The molecule has 0 unspecified atom stereocenters. The Morgan fingerprint density at radius 1 is 1.39 bits per heavy atom. The van der Waals surface area contributed by atoms with E-state index in [4.69, 9.17) is 11.6 Å². The first-order chi connectivity index (χ1) is 8.56. The molecule has 0 radical (unpaired) electrons. The number of unbranched alkanes of at least 4 members (excludes halogenated alkanes) is 3. The van der Waals surface area contributed by atoms with E-state index in [0.717, 1.165) is 19.3 Å². The molecule has 0 heterocycles. The Labute approximate surface area is 125 Å². The maximum absolute atomic E-state index is 13.2. The maximum Gasteiger partial charge on any atom is 0.252 e. The van der Waals surface area contributed by atoms with Gasteiger partial charge in [-0.05, 0) is 41.1 Å². The molecular weight excluding hydrogens is 368 g/mol. The summed E-state index contributed by atoms with van der Waals surface area (Å²) in [7, 11) is 0. The van der Waals surface area contributed by atoms with Gasteiger partial charge in [-0.3, -0.25) is 4.79 Å². The quantitative estimate of drug-likeness (QED) is 0.440. The number of hydrogen-bond acceptors (Lipinski definition) is 1. The van der Waals surface area contributed by atoms with E-state index in [2.05, 4.69) is 12.2 Å². The minimum atomic E-state index is -0.403. The fraction of sp³-hybridized carbons (Fsp3) is 0.462. The van der Waals surface area contributed by atoms with E-state index in [1.165, 1.54) is 18.6 Å². The number of nitrogens with one attached hydrogen (secondary N) is 1. The van der Waals surface area contributed by atoms with Crippen LogP contribution in [0.25, 0.3) is 0 Å². The zero-order chi connectivity index (χ0) is 13.5. The standard InChI is InChI=1S/C13H16ClFINO/c1-2-3-4-5-6-17-13(18)9-7-12(16)11(15)8-10(9)14/h7-8H,2-6H2,1H3,(H,17,18). The van der Waals surface area contributed by atoms with E-state index in [0.29, 0.717) is 15.7 Å². The van der Waals surface area contributed by atoms with Crippen LogP contribution in [0, 0.1) is 9.39 Å². The van der Waals surface area contributed by atoms with Crippen molar-refractivity contribution in [2.24, 2.45) is 0 Å². The second-order valence-corrected chi connectivity index (χ2v) is 5.63. The normalized spacial score (nSPS) is 10.4. The summed E-state index contributed by atoms with van der Waals surface area (Å²) in [5.74, 6) is -0.644. The van der Waals surface area contributed by atoms with Crippen LogP contribution in [0.15, 0.2) is 12.1 Å². The van der Waals surface area contributed by atoms with Crippen LogP contribution in [-0.4, -0.2) is 12.5 Å². The maximum atomic E-state index is 13.2. The lowest BCUT2D eigenvalue weighted by Gasteiger charge is -2.07. The third-order valence-electron chi connectivity index (χ3n) is 2.57. The van der Waals surface area contributed by atoms with E-state index < -0.39 is 5.82 Å². The molecule has 0 aliphatic carbocycles. The van der Waals surface area contributed by atoms with E-state index in [9.17, 15) is 9.18 Å². The molecule has 5 heteroatoms. The van der Waals surface area contributed by atoms with Crippen molar-refractivity contribution < 1.29 is 9.18 Å². The monoisotopic (exact) mass is 383 g/mol. The van der Waals surface area contributed by atoms with E-state index in [1.54, 1.807) is 0 Å². The summed E-state index contributed by atoms with van der Waals surface area (Å²) in [5, 5.41) is 2.95. The van der Waals surface area contributed by atoms with Gasteiger partial charge in [-0.1, -0.05) is 37.8 Å². The number of amides is 1. The van der Waals surface area contributed by atoms with Crippen molar-refractivity contribution in [3.8, 4) is 0 Å². The van der Waals surface area contributed by atoms with Crippen LogP contribution in [0.1, 0.15) is 43.0 Å². The van der Waals surface area contributed by atoms with Gasteiger partial charge in [0.25, 0.3) is 5.91 Å². The first kappa shape index (κ1) is 15.7. The lowest BCUT2D eigenvalue weighted by molar-refractivity contribution is 0.0953. The van der Waals surface area contributed by atoms with Crippen molar-refractivity contribution in [2.75, 3.05) is 6.54 Å². The van der Waals surface area contributed by atoms with Crippen LogP contribution in [0.4, 0.5) is 4.39 Å². The molecule has 0 spiro atoms. The Morgan fingerprint density at radius 3 is 2.78 bits per heavy atom. The Balaban J connectivity index is 2.54. The van der Waals surface area contributed by atoms with Crippen LogP contribution in [0.2, 0.25) is 5.02 Å². The molecule has 0 atom stereocenters. The van der Waals surface area contributed by atoms with Crippen molar-refractivity contribution in [1.82, 2.24) is 5.32 Å². The predicted molar refractivity (Wildman–Crippen MR) is 80.6 cm³/mol. The Bertz CT molecular complexity index is 426. The molecule has 0 aliphatic heterocycles. The van der Waals surface area contributed by atoms with Crippen LogP contribution in [-0.2, 0) is 0 Å². The second-order valence-electron chi connectivity index (χ2n) is 4.06. The van der Waals surface area contributed by atoms with E-state index in [-0.39, 0.29) is 10.9 Å². The van der Waals surface area contributed by atoms with Gasteiger partial charge >= 0.3 is 0 Å². The summed E-state index contributed by atoms with van der Waals surface area (Å²) in [4.78, 5) is 11.8. The van der Waals surface area contributed by atoms with Crippen LogP contribution < -0.4 is 5.32 Å². The van der Waals surface area contributed by atoms with Gasteiger partial charge in [-0.2, -0.15) is 0 Å². The SMILES string of the molecule is CCCCCCNC(=O)c1cc(I)c(F)cc1Cl. The molecule has 18 heavy (non-hydrogen) atoms. The van der Waals surface area contributed by atoms with Crippen LogP contribution in [0.3, 0.4) is 0 Å². The van der Waals surface area contributed by atoms with E-state index in [1.807, 2.05) is 22.6 Å². The second kappa shape index (κ2) is 7.94. The highest BCUT2D eigenvalue weighted by atomic mass is 127. The summed E-state index contributed by atoms with van der Waals surface area (Å²) in [5.41, 5.74) is 0.331. The van der Waals surface area contributed by atoms with Crippen LogP contribution >= 0.6 is 34.2 Å². The molecule has 0 saturated heterocycles. The fourth-order valence-electron chi connectivity index (χ4n) is 1.55. The average Bonchev–Trinajstić information content (AvgIpc) is 2.33. The van der Waals surface area contributed by atoms with Crippen molar-refractivity contribution in [2.45, 2.75) is 32.6 Å². The summed E-state index contributed by atoms with van der Waals surface area (Å²) in [6.45, 7) is 2.77. The highest BCUT2D eigenvalue weighted by molar-refractivity contribution is 14.1. The Hall–Kier alpha value is -0.360. The van der Waals surface area contributed by atoms with Gasteiger partial charge in [0.1, 0.15) is 5.82 Å². The molecule has 1 aromatic rings. The number of halogens is 3. The van der Waals surface area contributed by atoms with Crippen molar-refractivity contribution >= 4 is 40.1 Å². The molecular formula is C13H16ClFINO. The molecule has 1 N–H and O–H groups in total. The molecule has 0 fully saturated rings. The predicted octanol–water partition coefficient (Wildman–Crippen LogP) is 4.39. The van der Waals surface area contributed by atoms with Crippen LogP contribution in [0.5, 0.6) is 0 Å². The summed E-state index contributed by atoms with van der Waals surface area (Å²) >= 11 is 7.70. The molecule has 1 amide bonds. The molecule has 0 saturated carbocycles. The number of hydrogen-bond donors (Lipinski definition) is 1. The number of carbonyl (C=O) groups is 1. The zero-order valence-corrected chi connectivity index (χ0v) is 13.1. The smallest absolute Gasteiger partial charge is 0.252 e. The summed E-state index contributed by atoms with van der Waals surface area (Å²) in [6, 6.07) is 2.65. The van der Waals surface area contributed by atoms with Gasteiger partial charge < -0.3 is 5.32 Å². The summed E-state index contributed by atoms with van der Waals surface area (Å²) < 4.78 is 13.6. The average molecular weight is 384 g/mol. The van der Waals surface area contributed by atoms with Crippen molar-refractivity contribution in [3.63, 3.8) is 0 Å². The third-order valence-corrected chi connectivity index (χ3v) is 3.71. The molecule has 0 aromatic heterocycles. The van der Waals surface area contributed by atoms with Gasteiger partial charge in [0, 0.05) is 10.1 Å². The number of carbonyl (C=O) groups excluding carboxylic acids is 1. The Morgan fingerprint density at radius 2 is 2.11 bits per heavy atom. The largest absolute Gasteiger partial charge is 0.352 e. The molecule has 0 bridgehead atoms. The minimum absolute atomic E-state index is 0.152. The Kier molecular flexibility index (Phi) is 6.92. The first-order valence-corrected chi connectivity index (χ1v) is 7.44. The van der Waals surface area contributed by atoms with Gasteiger partial charge in [0.15, 0.2) is 0 Å². The van der Waals surface area contributed by atoms with E-state index >= 15 is 0 Å². The van der Waals surface area contributed by atoms with Gasteiger partial charge in [0.2, 0.25) is 0 Å². The highest BCUT2D eigenvalue weighted by Crippen LogP contribution is 2.21. The molecule has 0 aliphatic rings. The number of benzene rings is 1. The lowest BCUT2D eigenvalue weighted by Crippen LogP contribution is -2.25. The molecule has 1 rings (SSSR count). The lowest BCUT2D eigenvalue weighted by atomic mass is 10.2. The zero-order valence-electron chi connectivity index (χ0n) is 10.2. The van der Waals surface area contributed by atoms with Gasteiger partial charge in [0.05, 0.1) is 10.6 Å². The van der Waals surface area contributed by atoms with Gasteiger partial charge in [-0.15, -0.1) is 0 Å². The minimum Gasteiger partial charge on any atom is -0.352 e. The third kappa shape index (κ3) is 4.72. The van der Waals surface area contributed by atoms with Crippen molar-refractivity contribution in [1.29, 1.82) is 0 Å². The molecule has 100 valence electrons. The highest BCUT2D eigenvalue weighted by Gasteiger charge is 2.13. The van der Waals surface area contributed by atoms with Crippen molar-refractivity contribution in [3.05, 3.63) is 32.1 Å². The summed E-state index contributed by atoms with van der Waals surface area (Å²) in [6.07, 6.45) is 4.39. The van der Waals surface area contributed by atoms with Gasteiger partial charge in [-0.25, -0.2) is 4.39 Å². The fourth-order valence-corrected chi connectivity index (χ4v) is 2.25.